The van der Waals surface area contributed by atoms with Crippen molar-refractivity contribution in [2.75, 3.05) is 33.2 Å². The fourth-order valence-electron chi connectivity index (χ4n) is 3.37. The maximum atomic E-state index is 12.8. The number of aromatic amines is 1. The van der Waals surface area contributed by atoms with Gasteiger partial charge in [0.15, 0.2) is 0 Å². The fourth-order valence-corrected chi connectivity index (χ4v) is 3.37. The first-order chi connectivity index (χ1) is 11.7. The van der Waals surface area contributed by atoms with E-state index in [0.717, 1.165) is 32.6 Å². The highest BCUT2D eigenvalue weighted by Gasteiger charge is 2.23. The molecule has 0 bridgehead atoms. The quantitative estimate of drug-likeness (QED) is 0.887. The number of hydrogen-bond donors (Lipinski definition) is 1. The summed E-state index contributed by atoms with van der Waals surface area (Å²) in [5.74, 6) is 0.728. The second kappa shape index (κ2) is 8.15. The molecule has 1 aliphatic heterocycles. The van der Waals surface area contributed by atoms with Gasteiger partial charge in [0, 0.05) is 19.3 Å². The molecular weight excluding hydrogens is 298 g/mol. The number of nitrogens with one attached hydrogen (secondary N) is 1. The number of hydrogen-bond acceptors (Lipinski definition) is 2. The molecule has 1 aromatic carbocycles. The fraction of sp³-hybridized carbons (Fsp3) is 0.450. The van der Waals surface area contributed by atoms with Crippen molar-refractivity contribution in [3.63, 3.8) is 0 Å². The summed E-state index contributed by atoms with van der Waals surface area (Å²) in [4.78, 5) is 20.3. The van der Waals surface area contributed by atoms with E-state index in [0.29, 0.717) is 11.6 Å². The zero-order valence-electron chi connectivity index (χ0n) is 14.4. The van der Waals surface area contributed by atoms with Gasteiger partial charge in [0.05, 0.1) is 0 Å². The predicted octanol–water partition coefficient (Wildman–Crippen LogP) is 3.04. The molecule has 0 spiro atoms. The monoisotopic (exact) mass is 325 g/mol. The number of carbonyl (C=O) groups is 1. The minimum Gasteiger partial charge on any atom is -0.357 e. The van der Waals surface area contributed by atoms with Crippen molar-refractivity contribution < 1.29 is 4.79 Å². The number of aromatic nitrogens is 1. The standard InChI is InChI=1S/C20H27N3O/c1-22-13-9-18(10-14-22)16-23(20(24)19-8-5-12-21-19)15-11-17-6-3-2-4-7-17/h2-8,12,18,21H,9-11,13-16H2,1H3. The van der Waals surface area contributed by atoms with Crippen LogP contribution < -0.4 is 0 Å². The number of rotatable bonds is 6. The van der Waals surface area contributed by atoms with Gasteiger partial charge in [-0.25, -0.2) is 0 Å². The van der Waals surface area contributed by atoms with Gasteiger partial charge in [-0.2, -0.15) is 0 Å². The normalized spacial score (nSPS) is 16.2. The molecule has 3 rings (SSSR count). The van der Waals surface area contributed by atoms with Crippen LogP contribution >= 0.6 is 0 Å². The van der Waals surface area contributed by atoms with Gasteiger partial charge in [0.2, 0.25) is 0 Å². The minimum absolute atomic E-state index is 0.120. The molecule has 4 heteroatoms. The smallest absolute Gasteiger partial charge is 0.270 e. The molecule has 2 aromatic rings. The Hall–Kier alpha value is -2.07. The summed E-state index contributed by atoms with van der Waals surface area (Å²) >= 11 is 0. The highest BCUT2D eigenvalue weighted by molar-refractivity contribution is 5.92. The Labute approximate surface area is 144 Å². The average Bonchev–Trinajstić information content (AvgIpc) is 3.15. The number of benzene rings is 1. The van der Waals surface area contributed by atoms with E-state index in [2.05, 4.69) is 41.2 Å². The van der Waals surface area contributed by atoms with Crippen LogP contribution in [0, 0.1) is 5.92 Å². The predicted molar refractivity (Wildman–Crippen MR) is 97.1 cm³/mol. The van der Waals surface area contributed by atoms with Crippen LogP contribution in [-0.4, -0.2) is 53.9 Å². The van der Waals surface area contributed by atoms with Gasteiger partial charge >= 0.3 is 0 Å². The number of carbonyl (C=O) groups excluding carboxylic acids is 1. The maximum Gasteiger partial charge on any atom is 0.270 e. The van der Waals surface area contributed by atoms with Crippen LogP contribution in [0.5, 0.6) is 0 Å². The van der Waals surface area contributed by atoms with Crippen LogP contribution in [0.3, 0.4) is 0 Å². The van der Waals surface area contributed by atoms with Crippen molar-refractivity contribution >= 4 is 5.91 Å². The lowest BCUT2D eigenvalue weighted by molar-refractivity contribution is 0.0695. The lowest BCUT2D eigenvalue weighted by atomic mass is 9.96. The molecule has 4 nitrogen and oxygen atoms in total. The molecule has 2 heterocycles. The summed E-state index contributed by atoms with van der Waals surface area (Å²) in [6.07, 6.45) is 5.07. The van der Waals surface area contributed by atoms with Crippen molar-refractivity contribution in [1.82, 2.24) is 14.8 Å². The molecule has 0 atom stereocenters. The first-order valence-corrected chi connectivity index (χ1v) is 8.87. The molecule has 1 saturated heterocycles. The third kappa shape index (κ3) is 4.48. The Morgan fingerprint density at radius 1 is 1.17 bits per heavy atom. The molecule has 0 aliphatic carbocycles. The van der Waals surface area contributed by atoms with Crippen LogP contribution in [0.15, 0.2) is 48.7 Å². The number of likely N-dealkylation sites (tertiary alicyclic amines) is 1. The molecule has 0 radical (unpaired) electrons. The Morgan fingerprint density at radius 3 is 2.58 bits per heavy atom. The van der Waals surface area contributed by atoms with E-state index in [4.69, 9.17) is 0 Å². The van der Waals surface area contributed by atoms with Crippen LogP contribution in [-0.2, 0) is 6.42 Å². The van der Waals surface area contributed by atoms with Gasteiger partial charge in [-0.3, -0.25) is 4.79 Å². The highest BCUT2D eigenvalue weighted by atomic mass is 16.2. The SMILES string of the molecule is CN1CCC(CN(CCc2ccccc2)C(=O)c2ccc[nH]2)CC1. The van der Waals surface area contributed by atoms with Crippen molar-refractivity contribution in [3.05, 3.63) is 59.9 Å². The highest BCUT2D eigenvalue weighted by Crippen LogP contribution is 2.19. The van der Waals surface area contributed by atoms with Crippen molar-refractivity contribution in [3.8, 4) is 0 Å². The lowest BCUT2D eigenvalue weighted by Crippen LogP contribution is -2.41. The Morgan fingerprint density at radius 2 is 1.92 bits per heavy atom. The summed E-state index contributed by atoms with van der Waals surface area (Å²) in [7, 11) is 2.17. The van der Waals surface area contributed by atoms with Crippen LogP contribution in [0.1, 0.15) is 28.9 Å². The van der Waals surface area contributed by atoms with Gasteiger partial charge < -0.3 is 14.8 Å². The Bertz CT molecular complexity index is 616. The summed E-state index contributed by atoms with van der Waals surface area (Å²) in [5.41, 5.74) is 1.97. The van der Waals surface area contributed by atoms with Gasteiger partial charge in [-0.1, -0.05) is 30.3 Å². The topological polar surface area (TPSA) is 39.3 Å². The van der Waals surface area contributed by atoms with E-state index in [1.807, 2.05) is 29.3 Å². The second-order valence-electron chi connectivity index (χ2n) is 6.82. The van der Waals surface area contributed by atoms with Crippen molar-refractivity contribution in [2.45, 2.75) is 19.3 Å². The summed E-state index contributed by atoms with van der Waals surface area (Å²) in [6.45, 7) is 3.90. The van der Waals surface area contributed by atoms with Crippen LogP contribution in [0.25, 0.3) is 0 Å². The maximum absolute atomic E-state index is 12.8. The summed E-state index contributed by atoms with van der Waals surface area (Å²) in [6, 6.07) is 14.2. The number of amides is 1. The molecular formula is C20H27N3O. The van der Waals surface area contributed by atoms with E-state index in [-0.39, 0.29) is 5.91 Å². The Balaban J connectivity index is 1.65. The zero-order valence-corrected chi connectivity index (χ0v) is 14.4. The van der Waals surface area contributed by atoms with Gasteiger partial charge in [-0.15, -0.1) is 0 Å². The van der Waals surface area contributed by atoms with Crippen molar-refractivity contribution in [1.29, 1.82) is 0 Å². The third-order valence-corrected chi connectivity index (χ3v) is 4.95. The van der Waals surface area contributed by atoms with Crippen LogP contribution in [0.4, 0.5) is 0 Å². The molecule has 128 valence electrons. The molecule has 1 N–H and O–H groups in total. The second-order valence-corrected chi connectivity index (χ2v) is 6.82. The van der Waals surface area contributed by atoms with E-state index >= 15 is 0 Å². The average molecular weight is 325 g/mol. The lowest BCUT2D eigenvalue weighted by Gasteiger charge is -2.33. The van der Waals surface area contributed by atoms with Crippen molar-refractivity contribution in [2.24, 2.45) is 5.92 Å². The van der Waals surface area contributed by atoms with Gasteiger partial charge in [0.25, 0.3) is 5.91 Å². The number of piperidine rings is 1. The Kier molecular flexibility index (Phi) is 5.70. The van der Waals surface area contributed by atoms with Gasteiger partial charge in [0.1, 0.15) is 5.69 Å². The molecule has 0 saturated carbocycles. The van der Waals surface area contributed by atoms with E-state index in [1.54, 1.807) is 0 Å². The molecule has 1 fully saturated rings. The minimum atomic E-state index is 0.120. The van der Waals surface area contributed by atoms with E-state index in [9.17, 15) is 4.79 Å². The van der Waals surface area contributed by atoms with E-state index in [1.165, 1.54) is 18.4 Å². The number of H-pyrrole nitrogens is 1. The largest absolute Gasteiger partial charge is 0.357 e. The van der Waals surface area contributed by atoms with Crippen LogP contribution in [0.2, 0.25) is 0 Å². The first kappa shape index (κ1) is 16.8. The zero-order chi connectivity index (χ0) is 16.8. The molecule has 1 aromatic heterocycles. The third-order valence-electron chi connectivity index (χ3n) is 4.95. The molecule has 24 heavy (non-hydrogen) atoms. The van der Waals surface area contributed by atoms with Gasteiger partial charge in [-0.05, 0) is 63.0 Å². The van der Waals surface area contributed by atoms with E-state index < -0.39 is 0 Å². The molecule has 1 aliphatic rings. The molecule has 0 unspecified atom stereocenters. The number of nitrogens with zero attached hydrogens (tertiary/aromatic N) is 2. The summed E-state index contributed by atoms with van der Waals surface area (Å²) < 4.78 is 0. The first-order valence-electron chi connectivity index (χ1n) is 8.87. The molecule has 1 amide bonds. The summed E-state index contributed by atoms with van der Waals surface area (Å²) in [5, 5.41) is 0.